The molecule has 0 unspecified atom stereocenters. The van der Waals surface area contributed by atoms with Crippen molar-refractivity contribution in [1.29, 1.82) is 0 Å². The first-order valence-electron chi connectivity index (χ1n) is 3.78. The van der Waals surface area contributed by atoms with E-state index in [2.05, 4.69) is 0 Å². The lowest BCUT2D eigenvalue weighted by Gasteiger charge is -2.09. The van der Waals surface area contributed by atoms with Gasteiger partial charge in [0.15, 0.2) is 0 Å². The summed E-state index contributed by atoms with van der Waals surface area (Å²) >= 11 is 0. The van der Waals surface area contributed by atoms with Gasteiger partial charge in [0.1, 0.15) is 9.84 Å². The first-order valence-corrected chi connectivity index (χ1v) is 8.15. The van der Waals surface area contributed by atoms with Crippen LogP contribution in [0.3, 0.4) is 0 Å². The number of hydrogen-bond acceptors (Lipinski definition) is 4. The molecule has 1 fully saturated rings. The first kappa shape index (κ1) is 11.3. The van der Waals surface area contributed by atoms with E-state index in [1.165, 1.54) is 0 Å². The molecule has 0 bridgehead atoms. The SMILES string of the molecule is CS(=O)(=O)CCC1(S(=O)(=O)Cl)CC1. The second-order valence-electron chi connectivity index (χ2n) is 3.50. The number of rotatable bonds is 4. The molecule has 0 heterocycles. The van der Waals surface area contributed by atoms with Crippen molar-refractivity contribution in [3.8, 4) is 0 Å². The summed E-state index contributed by atoms with van der Waals surface area (Å²) in [5, 5.41) is 0. The third-order valence-corrected chi connectivity index (χ3v) is 5.83. The van der Waals surface area contributed by atoms with E-state index in [0.717, 1.165) is 6.26 Å². The predicted octanol–water partition coefficient (Wildman–Crippen LogP) is 0.522. The highest BCUT2D eigenvalue weighted by Crippen LogP contribution is 2.48. The Morgan fingerprint density at radius 3 is 1.92 bits per heavy atom. The maximum atomic E-state index is 11.0. The van der Waals surface area contributed by atoms with Gasteiger partial charge in [0.25, 0.3) is 0 Å². The van der Waals surface area contributed by atoms with Crippen molar-refractivity contribution >= 4 is 29.6 Å². The van der Waals surface area contributed by atoms with Crippen LogP contribution in [0.5, 0.6) is 0 Å². The fraction of sp³-hybridized carbons (Fsp3) is 1.00. The van der Waals surface area contributed by atoms with E-state index in [1.54, 1.807) is 0 Å². The molecule has 0 aromatic rings. The molecule has 1 saturated carbocycles. The summed E-state index contributed by atoms with van der Waals surface area (Å²) in [5.74, 6) is -0.112. The van der Waals surface area contributed by atoms with Crippen LogP contribution in [0.1, 0.15) is 19.3 Å². The molecule has 1 aliphatic rings. The molecule has 0 atom stereocenters. The number of halogens is 1. The van der Waals surface area contributed by atoms with E-state index >= 15 is 0 Å². The third kappa shape index (κ3) is 2.82. The third-order valence-electron chi connectivity index (χ3n) is 2.25. The summed E-state index contributed by atoms with van der Waals surface area (Å²) in [5.41, 5.74) is 0. The van der Waals surface area contributed by atoms with Gasteiger partial charge in [-0.25, -0.2) is 16.8 Å². The fourth-order valence-corrected chi connectivity index (χ4v) is 3.65. The minimum absolute atomic E-state index is 0.112. The Morgan fingerprint density at radius 1 is 1.23 bits per heavy atom. The van der Waals surface area contributed by atoms with E-state index in [1.807, 2.05) is 0 Å². The van der Waals surface area contributed by atoms with Crippen molar-refractivity contribution in [3.05, 3.63) is 0 Å². The molecule has 1 aliphatic carbocycles. The second-order valence-corrected chi connectivity index (χ2v) is 8.72. The van der Waals surface area contributed by atoms with Crippen LogP contribution in [0.25, 0.3) is 0 Å². The highest BCUT2D eigenvalue weighted by molar-refractivity contribution is 8.15. The Kier molecular flexibility index (Phi) is 2.69. The summed E-state index contributed by atoms with van der Waals surface area (Å²) in [6.07, 6.45) is 2.17. The van der Waals surface area contributed by atoms with Crippen LogP contribution >= 0.6 is 10.7 Å². The van der Waals surface area contributed by atoms with Crippen LogP contribution in [0, 0.1) is 0 Å². The molecule has 7 heteroatoms. The van der Waals surface area contributed by atoms with Crippen LogP contribution < -0.4 is 0 Å². The zero-order chi connectivity index (χ0) is 10.3. The van der Waals surface area contributed by atoms with E-state index in [9.17, 15) is 16.8 Å². The zero-order valence-electron chi connectivity index (χ0n) is 7.16. The van der Waals surface area contributed by atoms with E-state index in [-0.39, 0.29) is 12.2 Å². The maximum absolute atomic E-state index is 11.0. The normalized spacial score (nSPS) is 21.4. The molecule has 0 N–H and O–H groups in total. The minimum atomic E-state index is -3.61. The van der Waals surface area contributed by atoms with Crippen LogP contribution in [0.4, 0.5) is 0 Å². The monoisotopic (exact) mass is 246 g/mol. The van der Waals surface area contributed by atoms with Crippen molar-refractivity contribution in [1.82, 2.24) is 0 Å². The van der Waals surface area contributed by atoms with Crippen LogP contribution in [0.2, 0.25) is 0 Å². The average molecular weight is 247 g/mol. The average Bonchev–Trinajstić information content (AvgIpc) is 2.58. The zero-order valence-corrected chi connectivity index (χ0v) is 9.54. The molecule has 0 amide bonds. The van der Waals surface area contributed by atoms with Crippen LogP contribution in [-0.2, 0) is 18.9 Å². The minimum Gasteiger partial charge on any atom is -0.229 e. The van der Waals surface area contributed by atoms with Crippen molar-refractivity contribution < 1.29 is 16.8 Å². The predicted molar refractivity (Wildman–Crippen MR) is 51.1 cm³/mol. The molecule has 1 rings (SSSR count). The molecule has 0 radical (unpaired) electrons. The van der Waals surface area contributed by atoms with Gasteiger partial charge in [0, 0.05) is 16.9 Å². The molecular weight excluding hydrogens is 236 g/mol. The molecule has 0 aromatic carbocycles. The Labute approximate surface area is 82.6 Å². The van der Waals surface area contributed by atoms with Gasteiger partial charge in [0.05, 0.1) is 10.5 Å². The van der Waals surface area contributed by atoms with Gasteiger partial charge in [-0.3, -0.25) is 0 Å². The summed E-state index contributed by atoms with van der Waals surface area (Å²) in [7, 11) is -1.51. The molecular formula is C6H11ClO4S2. The Bertz CT molecular complexity index is 390. The van der Waals surface area contributed by atoms with E-state index in [0.29, 0.717) is 12.8 Å². The number of sulfone groups is 1. The topological polar surface area (TPSA) is 68.3 Å². The molecule has 4 nitrogen and oxygen atoms in total. The second kappa shape index (κ2) is 3.10. The van der Waals surface area contributed by atoms with Gasteiger partial charge >= 0.3 is 0 Å². The Morgan fingerprint density at radius 2 is 1.69 bits per heavy atom. The van der Waals surface area contributed by atoms with Crippen molar-refractivity contribution in [2.24, 2.45) is 0 Å². The lowest BCUT2D eigenvalue weighted by molar-refractivity contribution is 0.581. The van der Waals surface area contributed by atoms with Gasteiger partial charge in [-0.1, -0.05) is 0 Å². The highest BCUT2D eigenvalue weighted by Gasteiger charge is 2.53. The molecule has 78 valence electrons. The summed E-state index contributed by atoms with van der Waals surface area (Å²) < 4.78 is 42.6. The quantitative estimate of drug-likeness (QED) is 0.679. The highest BCUT2D eigenvalue weighted by atomic mass is 35.7. The largest absolute Gasteiger partial charge is 0.238 e. The standard InChI is InChI=1S/C6H11ClO4S2/c1-12(8,9)5-4-6(2-3-6)13(7,10)11/h2-5H2,1H3. The van der Waals surface area contributed by atoms with Gasteiger partial charge in [-0.05, 0) is 19.3 Å². The van der Waals surface area contributed by atoms with Gasteiger partial charge in [-0.2, -0.15) is 0 Å². The van der Waals surface area contributed by atoms with E-state index < -0.39 is 23.6 Å². The van der Waals surface area contributed by atoms with Crippen LogP contribution in [-0.4, -0.2) is 33.6 Å². The fourth-order valence-electron chi connectivity index (χ4n) is 1.13. The molecule has 0 saturated heterocycles. The smallest absolute Gasteiger partial charge is 0.229 e. The van der Waals surface area contributed by atoms with Gasteiger partial charge in [0.2, 0.25) is 9.05 Å². The van der Waals surface area contributed by atoms with Crippen molar-refractivity contribution in [3.63, 3.8) is 0 Å². The lowest BCUT2D eigenvalue weighted by atomic mass is 10.3. The van der Waals surface area contributed by atoms with Crippen LogP contribution in [0.15, 0.2) is 0 Å². The van der Waals surface area contributed by atoms with E-state index in [4.69, 9.17) is 10.7 Å². The lowest BCUT2D eigenvalue weighted by Crippen LogP contribution is -2.21. The molecule has 13 heavy (non-hydrogen) atoms. The Balaban J connectivity index is 2.67. The summed E-state index contributed by atoms with van der Waals surface area (Å²) in [4.78, 5) is 0. The summed E-state index contributed by atoms with van der Waals surface area (Å²) in [6.45, 7) is 0. The Hall–Kier alpha value is 0.190. The summed E-state index contributed by atoms with van der Waals surface area (Å²) in [6, 6.07) is 0. The molecule has 0 aliphatic heterocycles. The maximum Gasteiger partial charge on any atom is 0.238 e. The molecule has 0 spiro atoms. The van der Waals surface area contributed by atoms with Gasteiger partial charge in [-0.15, -0.1) is 0 Å². The molecule has 0 aromatic heterocycles. The van der Waals surface area contributed by atoms with Crippen molar-refractivity contribution in [2.45, 2.75) is 24.0 Å². The van der Waals surface area contributed by atoms with Gasteiger partial charge < -0.3 is 0 Å². The number of hydrogen-bond donors (Lipinski definition) is 0. The van der Waals surface area contributed by atoms with Crippen molar-refractivity contribution in [2.75, 3.05) is 12.0 Å². The first-order chi connectivity index (χ1) is 5.66.